The highest BCUT2D eigenvalue weighted by Crippen LogP contribution is 2.25. The fraction of sp³-hybridized carbons (Fsp3) is 0.238. The molecule has 1 fully saturated rings. The lowest BCUT2D eigenvalue weighted by molar-refractivity contribution is 0.249. The van der Waals surface area contributed by atoms with E-state index in [-0.39, 0.29) is 5.75 Å². The van der Waals surface area contributed by atoms with Crippen molar-refractivity contribution < 1.29 is 9.13 Å². The lowest BCUT2D eigenvalue weighted by Gasteiger charge is -2.35. The molecular formula is C21H21FN4O. The Kier molecular flexibility index (Phi) is 5.25. The van der Waals surface area contributed by atoms with Gasteiger partial charge in [0.15, 0.2) is 11.6 Å². The second kappa shape index (κ2) is 8.14. The zero-order valence-electron chi connectivity index (χ0n) is 15.0. The summed E-state index contributed by atoms with van der Waals surface area (Å²) in [5.41, 5.74) is 1.33. The summed E-state index contributed by atoms with van der Waals surface area (Å²) in [6.07, 6.45) is 1.46. The number of ether oxygens (including phenoxy) is 1. The van der Waals surface area contributed by atoms with Gasteiger partial charge in [-0.05, 0) is 17.7 Å². The monoisotopic (exact) mass is 364 g/mol. The normalized spacial score (nSPS) is 14.9. The van der Waals surface area contributed by atoms with Crippen LogP contribution < -0.4 is 9.64 Å². The summed E-state index contributed by atoms with van der Waals surface area (Å²) in [5.74, 6) is 0.898. The predicted octanol–water partition coefficient (Wildman–Crippen LogP) is 3.73. The summed E-state index contributed by atoms with van der Waals surface area (Å²) < 4.78 is 19.3. The molecular weight excluding hydrogens is 343 g/mol. The fourth-order valence-electron chi connectivity index (χ4n) is 3.18. The third-order valence-corrected chi connectivity index (χ3v) is 4.62. The first kappa shape index (κ1) is 17.4. The summed E-state index contributed by atoms with van der Waals surface area (Å²) in [7, 11) is 0. The van der Waals surface area contributed by atoms with Gasteiger partial charge in [0, 0.05) is 38.8 Å². The number of hydrogen-bond acceptors (Lipinski definition) is 5. The fourth-order valence-corrected chi connectivity index (χ4v) is 3.18. The molecule has 4 rings (SSSR count). The smallest absolute Gasteiger partial charge is 0.224 e. The van der Waals surface area contributed by atoms with Crippen LogP contribution in [0.2, 0.25) is 0 Å². The molecule has 0 spiro atoms. The molecule has 0 aliphatic carbocycles. The second-order valence-electron chi connectivity index (χ2n) is 6.50. The van der Waals surface area contributed by atoms with E-state index in [2.05, 4.69) is 44.0 Å². The minimum absolute atomic E-state index is 0.162. The standard InChI is InChI=1S/C21H21FN4O/c22-18-8-4-5-9-19(18)27-21-14-20(23-16-24-21)26-12-10-25(11-13-26)15-17-6-2-1-3-7-17/h1-9,14,16H,10-13,15H2. The molecule has 0 amide bonds. The lowest BCUT2D eigenvalue weighted by atomic mass is 10.2. The van der Waals surface area contributed by atoms with Crippen molar-refractivity contribution in [2.75, 3.05) is 31.1 Å². The first-order valence-corrected chi connectivity index (χ1v) is 9.03. The first-order chi connectivity index (χ1) is 13.3. The molecule has 3 aromatic rings. The van der Waals surface area contributed by atoms with E-state index in [0.29, 0.717) is 5.88 Å². The minimum atomic E-state index is -0.410. The maximum absolute atomic E-state index is 13.8. The summed E-state index contributed by atoms with van der Waals surface area (Å²) in [6.45, 7) is 4.64. The summed E-state index contributed by atoms with van der Waals surface area (Å²) in [4.78, 5) is 13.1. The Morgan fingerprint density at radius 3 is 2.41 bits per heavy atom. The van der Waals surface area contributed by atoms with E-state index >= 15 is 0 Å². The SMILES string of the molecule is Fc1ccccc1Oc1cc(N2CCN(Cc3ccccc3)CC2)ncn1. The molecule has 0 N–H and O–H groups in total. The summed E-state index contributed by atoms with van der Waals surface area (Å²) >= 11 is 0. The zero-order chi connectivity index (χ0) is 18.5. The number of benzene rings is 2. The number of aromatic nitrogens is 2. The van der Waals surface area contributed by atoms with Crippen LogP contribution in [0.1, 0.15) is 5.56 Å². The highest BCUT2D eigenvalue weighted by Gasteiger charge is 2.19. The maximum atomic E-state index is 13.8. The van der Waals surface area contributed by atoms with Crippen LogP contribution in [-0.4, -0.2) is 41.0 Å². The topological polar surface area (TPSA) is 41.5 Å². The molecule has 1 aliphatic heterocycles. The van der Waals surface area contributed by atoms with E-state index in [1.807, 2.05) is 6.07 Å². The number of rotatable bonds is 5. The van der Waals surface area contributed by atoms with Crippen molar-refractivity contribution in [2.24, 2.45) is 0 Å². The molecule has 1 aliphatic rings. The average Bonchev–Trinajstić information content (AvgIpc) is 2.71. The summed E-state index contributed by atoms with van der Waals surface area (Å²) in [5, 5.41) is 0. The van der Waals surface area contributed by atoms with Crippen molar-refractivity contribution >= 4 is 5.82 Å². The molecule has 27 heavy (non-hydrogen) atoms. The van der Waals surface area contributed by atoms with Crippen LogP contribution in [0.5, 0.6) is 11.6 Å². The van der Waals surface area contributed by atoms with E-state index < -0.39 is 5.82 Å². The Labute approximate surface area is 158 Å². The highest BCUT2D eigenvalue weighted by atomic mass is 19.1. The molecule has 0 atom stereocenters. The van der Waals surface area contributed by atoms with E-state index in [1.54, 1.807) is 24.3 Å². The van der Waals surface area contributed by atoms with Crippen molar-refractivity contribution in [3.63, 3.8) is 0 Å². The second-order valence-corrected chi connectivity index (χ2v) is 6.50. The van der Waals surface area contributed by atoms with Gasteiger partial charge in [-0.25, -0.2) is 14.4 Å². The van der Waals surface area contributed by atoms with Crippen molar-refractivity contribution in [3.05, 3.63) is 78.4 Å². The Morgan fingerprint density at radius 1 is 0.889 bits per heavy atom. The van der Waals surface area contributed by atoms with Gasteiger partial charge >= 0.3 is 0 Å². The molecule has 0 radical (unpaired) electrons. The van der Waals surface area contributed by atoms with Gasteiger partial charge in [0.05, 0.1) is 0 Å². The number of para-hydroxylation sites is 1. The third kappa shape index (κ3) is 4.41. The maximum Gasteiger partial charge on any atom is 0.224 e. The van der Waals surface area contributed by atoms with Crippen molar-refractivity contribution in [1.82, 2.24) is 14.9 Å². The number of anilines is 1. The molecule has 1 aromatic heterocycles. The van der Waals surface area contributed by atoms with Gasteiger partial charge in [-0.2, -0.15) is 0 Å². The van der Waals surface area contributed by atoms with Crippen LogP contribution >= 0.6 is 0 Å². The van der Waals surface area contributed by atoms with Crippen LogP contribution in [0.25, 0.3) is 0 Å². The molecule has 2 aromatic carbocycles. The highest BCUT2D eigenvalue weighted by molar-refractivity contribution is 5.42. The van der Waals surface area contributed by atoms with Crippen LogP contribution in [0.15, 0.2) is 67.0 Å². The van der Waals surface area contributed by atoms with E-state index in [1.165, 1.54) is 18.0 Å². The van der Waals surface area contributed by atoms with Crippen molar-refractivity contribution in [2.45, 2.75) is 6.54 Å². The third-order valence-electron chi connectivity index (χ3n) is 4.62. The zero-order valence-corrected chi connectivity index (χ0v) is 15.0. The van der Waals surface area contributed by atoms with Gasteiger partial charge in [-0.15, -0.1) is 0 Å². The lowest BCUT2D eigenvalue weighted by Crippen LogP contribution is -2.46. The number of piperazine rings is 1. The molecule has 1 saturated heterocycles. The van der Waals surface area contributed by atoms with Gasteiger partial charge in [-0.1, -0.05) is 42.5 Å². The number of nitrogens with zero attached hydrogens (tertiary/aromatic N) is 4. The van der Waals surface area contributed by atoms with Gasteiger partial charge in [-0.3, -0.25) is 4.90 Å². The Balaban J connectivity index is 1.38. The van der Waals surface area contributed by atoms with Crippen LogP contribution in [0.3, 0.4) is 0 Å². The van der Waals surface area contributed by atoms with E-state index in [0.717, 1.165) is 38.5 Å². The summed E-state index contributed by atoms with van der Waals surface area (Å²) in [6, 6.07) is 18.6. The van der Waals surface area contributed by atoms with Gasteiger partial charge in [0.2, 0.25) is 5.88 Å². The number of halogens is 1. The van der Waals surface area contributed by atoms with Gasteiger partial charge in [0.1, 0.15) is 12.1 Å². The van der Waals surface area contributed by atoms with E-state index in [4.69, 9.17) is 4.74 Å². The molecule has 6 heteroatoms. The van der Waals surface area contributed by atoms with Gasteiger partial charge in [0.25, 0.3) is 0 Å². The van der Waals surface area contributed by atoms with Crippen LogP contribution in [0.4, 0.5) is 10.2 Å². The van der Waals surface area contributed by atoms with Crippen LogP contribution in [0, 0.1) is 5.82 Å². The predicted molar refractivity (Wildman–Crippen MR) is 102 cm³/mol. The molecule has 0 unspecified atom stereocenters. The Bertz CT molecular complexity index is 882. The van der Waals surface area contributed by atoms with E-state index in [9.17, 15) is 4.39 Å². The number of hydrogen-bond donors (Lipinski definition) is 0. The quantitative estimate of drug-likeness (QED) is 0.690. The van der Waals surface area contributed by atoms with Crippen LogP contribution in [-0.2, 0) is 6.54 Å². The first-order valence-electron chi connectivity index (χ1n) is 9.03. The molecule has 0 saturated carbocycles. The van der Waals surface area contributed by atoms with Gasteiger partial charge < -0.3 is 9.64 Å². The minimum Gasteiger partial charge on any atom is -0.436 e. The van der Waals surface area contributed by atoms with Crippen molar-refractivity contribution in [3.8, 4) is 11.6 Å². The molecule has 138 valence electrons. The largest absolute Gasteiger partial charge is 0.436 e. The molecule has 2 heterocycles. The Morgan fingerprint density at radius 2 is 1.63 bits per heavy atom. The average molecular weight is 364 g/mol. The molecule has 0 bridgehead atoms. The van der Waals surface area contributed by atoms with Crippen molar-refractivity contribution in [1.29, 1.82) is 0 Å². The Hall–Kier alpha value is -2.99. The molecule has 5 nitrogen and oxygen atoms in total.